The standard InChI is InChI=1S/C15H20N2O2/c1-12-14(11-19-15(12)18)17(10-9-16(2)3)13-7-5-4-6-8-13/h4-8H,9-11H2,1-3H3. The molecule has 0 bridgehead atoms. The minimum atomic E-state index is -0.208. The summed E-state index contributed by atoms with van der Waals surface area (Å²) in [5.41, 5.74) is 2.78. The summed E-state index contributed by atoms with van der Waals surface area (Å²) in [6, 6.07) is 10.1. The number of likely N-dealkylation sites (N-methyl/N-ethyl adjacent to an activating group) is 1. The molecule has 0 unspecified atom stereocenters. The minimum Gasteiger partial charge on any atom is -0.456 e. The zero-order chi connectivity index (χ0) is 13.8. The van der Waals surface area contributed by atoms with Gasteiger partial charge in [-0.25, -0.2) is 4.79 Å². The van der Waals surface area contributed by atoms with Gasteiger partial charge in [-0.15, -0.1) is 0 Å². The molecule has 0 saturated carbocycles. The van der Waals surface area contributed by atoms with Crippen LogP contribution in [0.5, 0.6) is 0 Å². The average Bonchev–Trinajstić information content (AvgIpc) is 2.72. The molecule has 4 nitrogen and oxygen atoms in total. The fourth-order valence-corrected chi connectivity index (χ4v) is 2.08. The lowest BCUT2D eigenvalue weighted by atomic mass is 10.2. The predicted molar refractivity (Wildman–Crippen MR) is 76.0 cm³/mol. The lowest BCUT2D eigenvalue weighted by Crippen LogP contribution is -2.32. The van der Waals surface area contributed by atoms with E-state index in [0.717, 1.165) is 24.5 Å². The summed E-state index contributed by atoms with van der Waals surface area (Å²) in [5, 5.41) is 0. The Hall–Kier alpha value is -1.81. The van der Waals surface area contributed by atoms with Gasteiger partial charge < -0.3 is 14.5 Å². The lowest BCUT2D eigenvalue weighted by molar-refractivity contribution is -0.135. The van der Waals surface area contributed by atoms with Crippen LogP contribution in [0, 0.1) is 0 Å². The van der Waals surface area contributed by atoms with Crippen LogP contribution in [0.25, 0.3) is 0 Å². The van der Waals surface area contributed by atoms with Crippen molar-refractivity contribution in [3.63, 3.8) is 0 Å². The normalized spacial score (nSPS) is 15.1. The van der Waals surface area contributed by atoms with Crippen LogP contribution in [0.15, 0.2) is 41.6 Å². The first-order valence-corrected chi connectivity index (χ1v) is 6.44. The second kappa shape index (κ2) is 5.89. The van der Waals surface area contributed by atoms with Gasteiger partial charge in [-0.3, -0.25) is 0 Å². The lowest BCUT2D eigenvalue weighted by Gasteiger charge is -2.27. The summed E-state index contributed by atoms with van der Waals surface area (Å²) in [4.78, 5) is 15.8. The summed E-state index contributed by atoms with van der Waals surface area (Å²) < 4.78 is 5.12. The number of para-hydroxylation sites is 1. The number of rotatable bonds is 5. The molecule has 0 amide bonds. The topological polar surface area (TPSA) is 32.8 Å². The van der Waals surface area contributed by atoms with Crippen LogP contribution in [-0.4, -0.2) is 44.7 Å². The van der Waals surface area contributed by atoms with Gasteiger partial charge in [-0.2, -0.15) is 0 Å². The molecule has 19 heavy (non-hydrogen) atoms. The number of cyclic esters (lactones) is 1. The van der Waals surface area contributed by atoms with Crippen LogP contribution < -0.4 is 4.90 Å². The number of ether oxygens (including phenoxy) is 1. The van der Waals surface area contributed by atoms with E-state index in [4.69, 9.17) is 4.74 Å². The van der Waals surface area contributed by atoms with Gasteiger partial charge in [-0.1, -0.05) is 18.2 Å². The van der Waals surface area contributed by atoms with Crippen molar-refractivity contribution in [1.82, 2.24) is 4.90 Å². The second-order valence-corrected chi connectivity index (χ2v) is 4.94. The summed E-state index contributed by atoms with van der Waals surface area (Å²) in [6.07, 6.45) is 0. The first kappa shape index (κ1) is 13.6. The Bertz CT molecular complexity index is 480. The van der Waals surface area contributed by atoms with Gasteiger partial charge in [0.25, 0.3) is 0 Å². The molecule has 1 heterocycles. The van der Waals surface area contributed by atoms with Crippen molar-refractivity contribution >= 4 is 11.7 Å². The Balaban J connectivity index is 2.27. The smallest absolute Gasteiger partial charge is 0.336 e. The average molecular weight is 260 g/mol. The fraction of sp³-hybridized carbons (Fsp3) is 0.400. The molecule has 1 aliphatic rings. The first-order valence-electron chi connectivity index (χ1n) is 6.44. The van der Waals surface area contributed by atoms with Crippen LogP contribution in [0.3, 0.4) is 0 Å². The van der Waals surface area contributed by atoms with E-state index in [1.54, 1.807) is 0 Å². The third kappa shape index (κ3) is 3.15. The molecule has 0 aromatic heterocycles. The quantitative estimate of drug-likeness (QED) is 0.757. The SMILES string of the molecule is CC1=C(N(CCN(C)C)c2ccccc2)COC1=O. The van der Waals surface area contributed by atoms with E-state index in [2.05, 4.69) is 21.9 Å². The Morgan fingerprint density at radius 1 is 1.16 bits per heavy atom. The molecule has 2 rings (SSSR count). The van der Waals surface area contributed by atoms with E-state index in [9.17, 15) is 4.79 Å². The number of hydrogen-bond donors (Lipinski definition) is 0. The molecule has 0 radical (unpaired) electrons. The molecule has 4 heteroatoms. The third-order valence-corrected chi connectivity index (χ3v) is 3.24. The van der Waals surface area contributed by atoms with Crippen molar-refractivity contribution in [3.05, 3.63) is 41.6 Å². The van der Waals surface area contributed by atoms with Crippen molar-refractivity contribution in [1.29, 1.82) is 0 Å². The molecule has 0 atom stereocenters. The van der Waals surface area contributed by atoms with Crippen molar-refractivity contribution in [2.24, 2.45) is 0 Å². The molecule has 0 N–H and O–H groups in total. The van der Waals surface area contributed by atoms with Gasteiger partial charge in [0.05, 0.1) is 11.3 Å². The largest absolute Gasteiger partial charge is 0.456 e. The van der Waals surface area contributed by atoms with Crippen LogP contribution in [0.1, 0.15) is 6.92 Å². The Labute approximate surface area is 114 Å². The number of carbonyl (C=O) groups excluding carboxylic acids is 1. The number of nitrogens with zero attached hydrogens (tertiary/aromatic N) is 2. The van der Waals surface area contributed by atoms with Crippen molar-refractivity contribution in [2.45, 2.75) is 6.92 Å². The van der Waals surface area contributed by atoms with Gasteiger partial charge in [0.1, 0.15) is 6.61 Å². The zero-order valence-electron chi connectivity index (χ0n) is 11.7. The maximum absolute atomic E-state index is 11.5. The predicted octanol–water partition coefficient (Wildman–Crippen LogP) is 1.89. The molecule has 102 valence electrons. The van der Waals surface area contributed by atoms with Gasteiger partial charge in [0.15, 0.2) is 0 Å². The van der Waals surface area contributed by atoms with E-state index in [1.165, 1.54) is 0 Å². The Morgan fingerprint density at radius 3 is 2.37 bits per heavy atom. The Kier molecular flexibility index (Phi) is 4.22. The van der Waals surface area contributed by atoms with E-state index < -0.39 is 0 Å². The molecule has 0 saturated heterocycles. The highest BCUT2D eigenvalue weighted by Gasteiger charge is 2.26. The molecule has 1 aromatic rings. The van der Waals surface area contributed by atoms with Crippen LogP contribution in [-0.2, 0) is 9.53 Å². The maximum atomic E-state index is 11.5. The second-order valence-electron chi connectivity index (χ2n) is 4.94. The molecule has 0 spiro atoms. The van der Waals surface area contributed by atoms with E-state index >= 15 is 0 Å². The first-order chi connectivity index (χ1) is 9.09. The van der Waals surface area contributed by atoms with Crippen molar-refractivity contribution in [3.8, 4) is 0 Å². The van der Waals surface area contributed by atoms with Gasteiger partial charge >= 0.3 is 5.97 Å². The zero-order valence-corrected chi connectivity index (χ0v) is 11.7. The molecule has 1 aliphatic heterocycles. The minimum absolute atomic E-state index is 0.208. The molecule has 0 fully saturated rings. The van der Waals surface area contributed by atoms with Crippen molar-refractivity contribution in [2.75, 3.05) is 38.7 Å². The number of carbonyl (C=O) groups is 1. The summed E-state index contributed by atoms with van der Waals surface area (Å²) in [5.74, 6) is -0.208. The van der Waals surface area contributed by atoms with E-state index in [-0.39, 0.29) is 5.97 Å². The summed E-state index contributed by atoms with van der Waals surface area (Å²) in [7, 11) is 4.08. The van der Waals surface area contributed by atoms with Gasteiger partial charge in [0.2, 0.25) is 0 Å². The monoisotopic (exact) mass is 260 g/mol. The highest BCUT2D eigenvalue weighted by molar-refractivity contribution is 5.92. The van der Waals surface area contributed by atoms with E-state index in [0.29, 0.717) is 12.2 Å². The van der Waals surface area contributed by atoms with Gasteiger partial charge in [0, 0.05) is 18.8 Å². The highest BCUT2D eigenvalue weighted by Crippen LogP contribution is 2.25. The van der Waals surface area contributed by atoms with E-state index in [1.807, 2.05) is 39.2 Å². The number of anilines is 1. The van der Waals surface area contributed by atoms with Crippen LogP contribution in [0.4, 0.5) is 5.69 Å². The summed E-state index contributed by atoms with van der Waals surface area (Å²) >= 11 is 0. The number of benzene rings is 1. The number of esters is 1. The van der Waals surface area contributed by atoms with Crippen LogP contribution in [0.2, 0.25) is 0 Å². The molecular weight excluding hydrogens is 240 g/mol. The van der Waals surface area contributed by atoms with Gasteiger partial charge in [-0.05, 0) is 33.2 Å². The molecule has 0 aliphatic carbocycles. The fourth-order valence-electron chi connectivity index (χ4n) is 2.08. The van der Waals surface area contributed by atoms with Crippen molar-refractivity contribution < 1.29 is 9.53 Å². The Morgan fingerprint density at radius 2 is 1.84 bits per heavy atom. The maximum Gasteiger partial charge on any atom is 0.336 e. The third-order valence-electron chi connectivity index (χ3n) is 3.24. The summed E-state index contributed by atoms with van der Waals surface area (Å²) in [6.45, 7) is 3.95. The highest BCUT2D eigenvalue weighted by atomic mass is 16.5. The molecular formula is C15H20N2O2. The number of hydrogen-bond acceptors (Lipinski definition) is 4. The molecule has 1 aromatic carbocycles. The van der Waals surface area contributed by atoms with Crippen LogP contribution >= 0.6 is 0 Å².